The number of hydrogen-bond donors (Lipinski definition) is 0. The summed E-state index contributed by atoms with van der Waals surface area (Å²) in [5, 5.41) is 0.481. The molecule has 7 nitrogen and oxygen atoms in total. The Morgan fingerprint density at radius 2 is 1.54 bits per heavy atom. The third kappa shape index (κ3) is 5.98. The summed E-state index contributed by atoms with van der Waals surface area (Å²) < 4.78 is 34.9. The third-order valence-corrected chi connectivity index (χ3v) is 10.3. The maximum atomic E-state index is 13.8. The number of piperidine rings is 2. The number of ether oxygens (including phenoxy) is 1. The van der Waals surface area contributed by atoms with Crippen molar-refractivity contribution in [3.8, 4) is 0 Å². The Kier molecular flexibility index (Phi) is 8.39. The smallest absolute Gasteiger partial charge is 0.409 e. The molecule has 2 aromatic rings. The minimum Gasteiger partial charge on any atom is -0.448 e. The lowest BCUT2D eigenvalue weighted by molar-refractivity contribution is 0.0575. The van der Waals surface area contributed by atoms with E-state index in [1.54, 1.807) is 21.3 Å². The SMILES string of the molecule is O=C(OC[C@H]1CC[C@@H](c2ccccc2)N1S(=O)(=O)c1ccc(Cl)cc1)N1CCC(N2CCCCC2)CC1. The highest BCUT2D eigenvalue weighted by Gasteiger charge is 2.43. The van der Waals surface area contributed by atoms with E-state index in [4.69, 9.17) is 16.3 Å². The topological polar surface area (TPSA) is 70.2 Å². The molecule has 0 aliphatic carbocycles. The van der Waals surface area contributed by atoms with Crippen LogP contribution in [0.25, 0.3) is 0 Å². The van der Waals surface area contributed by atoms with Gasteiger partial charge in [0.2, 0.25) is 10.0 Å². The second kappa shape index (κ2) is 11.7. The van der Waals surface area contributed by atoms with E-state index in [1.807, 2.05) is 30.3 Å². The van der Waals surface area contributed by atoms with Gasteiger partial charge in [0.1, 0.15) is 6.61 Å². The molecule has 3 heterocycles. The zero-order valence-electron chi connectivity index (χ0n) is 21.2. The largest absolute Gasteiger partial charge is 0.448 e. The van der Waals surface area contributed by atoms with E-state index < -0.39 is 16.1 Å². The number of nitrogens with zero attached hydrogens (tertiary/aromatic N) is 3. The minimum absolute atomic E-state index is 0.0427. The standard InChI is InChI=1S/C28H36ClN3O4S/c29-23-9-12-26(13-10-23)37(34,35)32-25(11-14-27(32)22-7-3-1-4-8-22)21-36-28(33)31-19-15-24(16-20-31)30-17-5-2-6-18-30/h1,3-4,7-10,12-13,24-25,27H,2,5-6,11,14-21H2/t25-,27+/m1/s1. The number of carbonyl (C=O) groups is 1. The summed E-state index contributed by atoms with van der Waals surface area (Å²) in [5.74, 6) is 0. The molecular weight excluding hydrogens is 510 g/mol. The number of likely N-dealkylation sites (tertiary alicyclic amines) is 2. The number of carbonyl (C=O) groups excluding carboxylic acids is 1. The molecule has 0 unspecified atom stereocenters. The van der Waals surface area contributed by atoms with Gasteiger partial charge in [0.25, 0.3) is 0 Å². The highest BCUT2D eigenvalue weighted by molar-refractivity contribution is 7.89. The Bertz CT molecular complexity index is 1150. The molecule has 3 aliphatic rings. The number of sulfonamides is 1. The van der Waals surface area contributed by atoms with Gasteiger partial charge < -0.3 is 14.5 Å². The molecule has 1 amide bonds. The Morgan fingerprint density at radius 3 is 2.22 bits per heavy atom. The van der Waals surface area contributed by atoms with E-state index in [2.05, 4.69) is 4.90 Å². The summed E-state index contributed by atoms with van der Waals surface area (Å²) in [6, 6.07) is 15.7. The fraction of sp³-hybridized carbons (Fsp3) is 0.536. The van der Waals surface area contributed by atoms with Crippen molar-refractivity contribution in [3.05, 3.63) is 65.2 Å². The first-order valence-corrected chi connectivity index (χ1v) is 15.2. The Labute approximate surface area is 225 Å². The molecule has 0 saturated carbocycles. The summed E-state index contributed by atoms with van der Waals surface area (Å²) in [4.78, 5) is 17.5. The second-order valence-electron chi connectivity index (χ2n) is 10.3. The lowest BCUT2D eigenvalue weighted by Gasteiger charge is -2.40. The van der Waals surface area contributed by atoms with Crippen LogP contribution in [0.15, 0.2) is 59.5 Å². The van der Waals surface area contributed by atoms with Crippen LogP contribution in [0.3, 0.4) is 0 Å². The molecular formula is C28H36ClN3O4S. The van der Waals surface area contributed by atoms with Gasteiger partial charge in [-0.3, -0.25) is 0 Å². The molecule has 2 atom stereocenters. The van der Waals surface area contributed by atoms with Crippen LogP contribution in [-0.2, 0) is 14.8 Å². The van der Waals surface area contributed by atoms with E-state index in [0.717, 1.165) is 31.5 Å². The maximum Gasteiger partial charge on any atom is 0.409 e. The van der Waals surface area contributed by atoms with Gasteiger partial charge in [-0.1, -0.05) is 48.4 Å². The van der Waals surface area contributed by atoms with E-state index >= 15 is 0 Å². The first-order chi connectivity index (χ1) is 17.9. The molecule has 200 valence electrons. The molecule has 0 bridgehead atoms. The molecule has 37 heavy (non-hydrogen) atoms. The lowest BCUT2D eigenvalue weighted by Crippen LogP contribution is -2.48. The molecule has 0 spiro atoms. The van der Waals surface area contributed by atoms with E-state index in [1.165, 1.54) is 31.4 Å². The van der Waals surface area contributed by atoms with Crippen LogP contribution in [0.4, 0.5) is 4.79 Å². The zero-order chi connectivity index (χ0) is 25.8. The van der Waals surface area contributed by atoms with Crippen LogP contribution in [0.2, 0.25) is 5.02 Å². The normalized spacial score (nSPS) is 24.3. The monoisotopic (exact) mass is 545 g/mol. The van der Waals surface area contributed by atoms with Crippen LogP contribution >= 0.6 is 11.6 Å². The zero-order valence-corrected chi connectivity index (χ0v) is 22.7. The van der Waals surface area contributed by atoms with Gasteiger partial charge in [0.05, 0.1) is 17.0 Å². The molecule has 2 aromatic carbocycles. The summed E-state index contributed by atoms with van der Waals surface area (Å²) >= 11 is 6.01. The van der Waals surface area contributed by atoms with E-state index in [-0.39, 0.29) is 23.6 Å². The van der Waals surface area contributed by atoms with Crippen molar-refractivity contribution in [3.63, 3.8) is 0 Å². The van der Waals surface area contributed by atoms with Crippen molar-refractivity contribution in [2.75, 3.05) is 32.8 Å². The van der Waals surface area contributed by atoms with Gasteiger partial charge in [-0.15, -0.1) is 0 Å². The molecule has 3 aliphatic heterocycles. The first-order valence-electron chi connectivity index (χ1n) is 13.4. The van der Waals surface area contributed by atoms with Gasteiger partial charge in [0, 0.05) is 24.2 Å². The molecule has 9 heteroatoms. The van der Waals surface area contributed by atoms with Crippen LogP contribution in [-0.4, -0.2) is 73.5 Å². The van der Waals surface area contributed by atoms with Crippen LogP contribution in [0.1, 0.15) is 56.6 Å². The molecule has 0 radical (unpaired) electrons. The average Bonchev–Trinajstić information content (AvgIpc) is 3.38. The highest BCUT2D eigenvalue weighted by Crippen LogP contribution is 2.40. The Hall–Kier alpha value is -2.13. The number of amides is 1. The third-order valence-electron chi connectivity index (χ3n) is 8.04. The number of benzene rings is 2. The summed E-state index contributed by atoms with van der Waals surface area (Å²) in [5.41, 5.74) is 0.939. The number of halogens is 1. The molecule has 3 saturated heterocycles. The molecule has 0 N–H and O–H groups in total. The van der Waals surface area contributed by atoms with E-state index in [9.17, 15) is 13.2 Å². The van der Waals surface area contributed by atoms with Gasteiger partial charge in [-0.2, -0.15) is 4.31 Å². The predicted molar refractivity (Wildman–Crippen MR) is 144 cm³/mol. The van der Waals surface area contributed by atoms with Gasteiger partial charge >= 0.3 is 6.09 Å². The van der Waals surface area contributed by atoms with Crippen molar-refractivity contribution in [1.82, 2.24) is 14.1 Å². The summed E-state index contributed by atoms with van der Waals surface area (Å²) in [6.45, 7) is 3.74. The van der Waals surface area contributed by atoms with Crippen molar-refractivity contribution in [1.29, 1.82) is 0 Å². The van der Waals surface area contributed by atoms with Gasteiger partial charge in [0.15, 0.2) is 0 Å². The Morgan fingerprint density at radius 1 is 0.865 bits per heavy atom. The fourth-order valence-electron chi connectivity index (χ4n) is 6.05. The molecule has 0 aromatic heterocycles. The average molecular weight is 546 g/mol. The minimum atomic E-state index is -3.83. The molecule has 3 fully saturated rings. The predicted octanol–water partition coefficient (Wildman–Crippen LogP) is 5.32. The number of rotatable bonds is 6. The summed E-state index contributed by atoms with van der Waals surface area (Å²) in [7, 11) is -3.83. The van der Waals surface area contributed by atoms with Crippen molar-refractivity contribution < 1.29 is 17.9 Å². The van der Waals surface area contributed by atoms with Gasteiger partial charge in [-0.05, 0) is 81.4 Å². The van der Waals surface area contributed by atoms with Crippen molar-refractivity contribution >= 4 is 27.7 Å². The fourth-order valence-corrected chi connectivity index (χ4v) is 8.02. The second-order valence-corrected chi connectivity index (χ2v) is 12.6. The van der Waals surface area contributed by atoms with Crippen molar-refractivity contribution in [2.45, 2.75) is 68.0 Å². The summed E-state index contributed by atoms with van der Waals surface area (Å²) in [6.07, 6.45) is 6.73. The number of hydrogen-bond acceptors (Lipinski definition) is 5. The van der Waals surface area contributed by atoms with Gasteiger partial charge in [-0.25, -0.2) is 13.2 Å². The Balaban J connectivity index is 1.25. The quantitative estimate of drug-likeness (QED) is 0.491. The van der Waals surface area contributed by atoms with Crippen LogP contribution in [0.5, 0.6) is 0 Å². The lowest BCUT2D eigenvalue weighted by atomic mass is 10.0. The van der Waals surface area contributed by atoms with Crippen LogP contribution in [0, 0.1) is 0 Å². The van der Waals surface area contributed by atoms with Crippen LogP contribution < -0.4 is 0 Å². The van der Waals surface area contributed by atoms with E-state index in [0.29, 0.717) is 37.0 Å². The maximum absolute atomic E-state index is 13.8. The molecule has 5 rings (SSSR count). The highest BCUT2D eigenvalue weighted by atomic mass is 35.5. The van der Waals surface area contributed by atoms with Crippen molar-refractivity contribution in [2.24, 2.45) is 0 Å². The first kappa shape index (κ1) is 26.5.